The van der Waals surface area contributed by atoms with Crippen molar-refractivity contribution < 1.29 is 14.7 Å². The van der Waals surface area contributed by atoms with Gasteiger partial charge >= 0.3 is 0 Å². The fraction of sp³-hybridized carbons (Fsp3) is 0.778. The van der Waals surface area contributed by atoms with Crippen molar-refractivity contribution in [3.63, 3.8) is 0 Å². The summed E-state index contributed by atoms with van der Waals surface area (Å²) in [6.07, 6.45) is 0.181. The highest BCUT2D eigenvalue weighted by Gasteiger charge is 2.21. The number of aliphatic hydroxyl groups excluding tert-OH is 1. The summed E-state index contributed by atoms with van der Waals surface area (Å²) in [5, 5.41) is 8.60. The molecule has 0 aromatic carbocycles. The molecule has 1 heterocycles. The molecule has 0 spiro atoms. The average Bonchev–Trinajstić information content (AvgIpc) is 2.18. The highest BCUT2D eigenvalue weighted by Crippen LogP contribution is 2.03. The highest BCUT2D eigenvalue weighted by molar-refractivity contribution is 5.77. The predicted molar refractivity (Wildman–Crippen MR) is 50.5 cm³/mol. The molecule has 0 atom stereocenters. The molecule has 1 aliphatic heterocycles. The van der Waals surface area contributed by atoms with Crippen LogP contribution in [0.15, 0.2) is 0 Å². The summed E-state index contributed by atoms with van der Waals surface area (Å²) in [5.74, 6) is 0.0231. The van der Waals surface area contributed by atoms with Crippen molar-refractivity contribution in [2.75, 3.05) is 32.8 Å². The Labute approximate surface area is 83.3 Å². The molecule has 0 radical (unpaired) electrons. The van der Waals surface area contributed by atoms with Gasteiger partial charge in [0, 0.05) is 39.5 Å². The van der Waals surface area contributed by atoms with Crippen molar-refractivity contribution in [1.29, 1.82) is 0 Å². The lowest BCUT2D eigenvalue weighted by Crippen LogP contribution is -2.50. The van der Waals surface area contributed by atoms with Gasteiger partial charge in [0.2, 0.25) is 11.8 Å². The lowest BCUT2D eigenvalue weighted by Gasteiger charge is -2.34. The number of amides is 2. The second kappa shape index (κ2) is 4.95. The van der Waals surface area contributed by atoms with Crippen molar-refractivity contribution in [3.05, 3.63) is 0 Å². The van der Waals surface area contributed by atoms with Gasteiger partial charge in [-0.15, -0.1) is 0 Å². The van der Waals surface area contributed by atoms with Gasteiger partial charge in [0.1, 0.15) is 0 Å². The Hall–Kier alpha value is -1.10. The van der Waals surface area contributed by atoms with Crippen LogP contribution in [0, 0.1) is 0 Å². The molecule has 0 aromatic heterocycles. The summed E-state index contributed by atoms with van der Waals surface area (Å²) in [7, 11) is 0. The molecule has 80 valence electrons. The van der Waals surface area contributed by atoms with Crippen LogP contribution < -0.4 is 0 Å². The van der Waals surface area contributed by atoms with Gasteiger partial charge < -0.3 is 14.9 Å². The van der Waals surface area contributed by atoms with E-state index in [1.54, 1.807) is 9.80 Å². The van der Waals surface area contributed by atoms with Gasteiger partial charge in [-0.05, 0) is 0 Å². The number of hydrogen-bond donors (Lipinski definition) is 1. The van der Waals surface area contributed by atoms with E-state index in [4.69, 9.17) is 5.11 Å². The van der Waals surface area contributed by atoms with Gasteiger partial charge in [-0.25, -0.2) is 0 Å². The third-order valence-electron chi connectivity index (χ3n) is 2.40. The van der Waals surface area contributed by atoms with Crippen molar-refractivity contribution in [2.24, 2.45) is 0 Å². The standard InChI is InChI=1S/C9H16N2O3/c1-8(13)10-3-5-11(6-4-10)9(14)2-7-12/h12H,2-7H2,1H3. The first-order valence-corrected chi connectivity index (χ1v) is 4.79. The first-order valence-electron chi connectivity index (χ1n) is 4.79. The summed E-state index contributed by atoms with van der Waals surface area (Å²) in [5.41, 5.74) is 0. The van der Waals surface area contributed by atoms with Gasteiger partial charge in [-0.1, -0.05) is 0 Å². The third-order valence-corrected chi connectivity index (χ3v) is 2.40. The first kappa shape index (κ1) is 11.0. The van der Waals surface area contributed by atoms with E-state index < -0.39 is 0 Å². The number of hydrogen-bond acceptors (Lipinski definition) is 3. The largest absolute Gasteiger partial charge is 0.396 e. The maximum atomic E-state index is 11.3. The topological polar surface area (TPSA) is 60.9 Å². The van der Waals surface area contributed by atoms with E-state index in [1.807, 2.05) is 0 Å². The minimum atomic E-state index is -0.105. The van der Waals surface area contributed by atoms with E-state index in [-0.39, 0.29) is 24.8 Å². The third kappa shape index (κ3) is 2.70. The maximum Gasteiger partial charge on any atom is 0.225 e. The van der Waals surface area contributed by atoms with Crippen LogP contribution in [0.1, 0.15) is 13.3 Å². The molecule has 0 saturated carbocycles. The van der Waals surface area contributed by atoms with Gasteiger partial charge in [-0.3, -0.25) is 9.59 Å². The number of rotatable bonds is 2. The lowest BCUT2D eigenvalue weighted by molar-refractivity contribution is -0.138. The first-order chi connectivity index (χ1) is 6.65. The second-order valence-corrected chi connectivity index (χ2v) is 3.36. The Morgan fingerprint density at radius 3 is 2.07 bits per heavy atom. The molecule has 1 fully saturated rings. The minimum Gasteiger partial charge on any atom is -0.396 e. The van der Waals surface area contributed by atoms with E-state index in [9.17, 15) is 9.59 Å². The summed E-state index contributed by atoms with van der Waals surface area (Å²) >= 11 is 0. The van der Waals surface area contributed by atoms with E-state index in [0.29, 0.717) is 26.2 Å². The van der Waals surface area contributed by atoms with E-state index in [2.05, 4.69) is 0 Å². The molecule has 0 unspecified atom stereocenters. The number of piperazine rings is 1. The van der Waals surface area contributed by atoms with E-state index >= 15 is 0 Å². The fourth-order valence-corrected chi connectivity index (χ4v) is 1.52. The number of carbonyl (C=O) groups excluding carboxylic acids is 2. The van der Waals surface area contributed by atoms with Crippen LogP contribution in [0.3, 0.4) is 0 Å². The molecule has 2 amide bonds. The van der Waals surface area contributed by atoms with Crippen molar-refractivity contribution in [3.8, 4) is 0 Å². The van der Waals surface area contributed by atoms with E-state index in [1.165, 1.54) is 6.92 Å². The smallest absolute Gasteiger partial charge is 0.225 e. The molecule has 5 nitrogen and oxygen atoms in total. The van der Waals surface area contributed by atoms with Crippen LogP contribution in [-0.2, 0) is 9.59 Å². The Kier molecular flexibility index (Phi) is 3.88. The Balaban J connectivity index is 2.35. The quantitative estimate of drug-likeness (QED) is 0.626. The Bertz CT molecular complexity index is 222. The Morgan fingerprint density at radius 1 is 1.14 bits per heavy atom. The van der Waals surface area contributed by atoms with Gasteiger partial charge in [-0.2, -0.15) is 0 Å². The molecule has 0 aromatic rings. The molecule has 14 heavy (non-hydrogen) atoms. The van der Waals surface area contributed by atoms with E-state index in [0.717, 1.165) is 0 Å². The maximum absolute atomic E-state index is 11.3. The van der Waals surface area contributed by atoms with Crippen molar-refractivity contribution in [1.82, 2.24) is 9.80 Å². The molecule has 0 aliphatic carbocycles. The van der Waals surface area contributed by atoms with Crippen molar-refractivity contribution in [2.45, 2.75) is 13.3 Å². The van der Waals surface area contributed by atoms with Crippen LogP contribution in [0.25, 0.3) is 0 Å². The summed E-state index contributed by atoms with van der Waals surface area (Å²) < 4.78 is 0. The van der Waals surface area contributed by atoms with Gasteiger partial charge in [0.25, 0.3) is 0 Å². The Morgan fingerprint density at radius 2 is 1.64 bits per heavy atom. The average molecular weight is 200 g/mol. The predicted octanol–water partition coefficient (Wildman–Crippen LogP) is -0.940. The lowest BCUT2D eigenvalue weighted by atomic mass is 10.3. The molecule has 0 bridgehead atoms. The summed E-state index contributed by atoms with van der Waals surface area (Å²) in [6, 6.07) is 0. The second-order valence-electron chi connectivity index (χ2n) is 3.36. The SMILES string of the molecule is CC(=O)N1CCN(C(=O)CCO)CC1. The number of nitrogens with zero attached hydrogens (tertiary/aromatic N) is 2. The van der Waals surface area contributed by atoms with Crippen LogP contribution in [0.2, 0.25) is 0 Å². The van der Waals surface area contributed by atoms with Crippen LogP contribution >= 0.6 is 0 Å². The molecule has 1 N–H and O–H groups in total. The van der Waals surface area contributed by atoms with Crippen molar-refractivity contribution >= 4 is 11.8 Å². The zero-order chi connectivity index (χ0) is 10.6. The molecular weight excluding hydrogens is 184 g/mol. The normalized spacial score (nSPS) is 17.0. The fourth-order valence-electron chi connectivity index (χ4n) is 1.52. The molecule has 1 saturated heterocycles. The van der Waals surface area contributed by atoms with Crippen LogP contribution in [0.4, 0.5) is 0 Å². The van der Waals surface area contributed by atoms with Crippen LogP contribution in [0.5, 0.6) is 0 Å². The summed E-state index contributed by atoms with van der Waals surface area (Å²) in [6.45, 7) is 3.80. The number of aliphatic hydroxyl groups is 1. The monoisotopic (exact) mass is 200 g/mol. The molecular formula is C9H16N2O3. The zero-order valence-corrected chi connectivity index (χ0v) is 8.40. The molecule has 1 rings (SSSR count). The minimum absolute atomic E-state index is 0.0318. The highest BCUT2D eigenvalue weighted by atomic mass is 16.3. The zero-order valence-electron chi connectivity index (χ0n) is 8.40. The summed E-state index contributed by atoms with van der Waals surface area (Å²) in [4.78, 5) is 25.7. The molecule has 5 heteroatoms. The van der Waals surface area contributed by atoms with Crippen LogP contribution in [-0.4, -0.2) is 59.5 Å². The molecule has 1 aliphatic rings. The van der Waals surface area contributed by atoms with Gasteiger partial charge in [0.15, 0.2) is 0 Å². The number of carbonyl (C=O) groups is 2. The van der Waals surface area contributed by atoms with Gasteiger partial charge in [0.05, 0.1) is 6.61 Å².